The fourth-order valence-corrected chi connectivity index (χ4v) is 4.23. The quantitative estimate of drug-likeness (QED) is 0.888. The van der Waals surface area contributed by atoms with E-state index in [1.807, 2.05) is 0 Å². The van der Waals surface area contributed by atoms with E-state index < -0.39 is 9.84 Å². The summed E-state index contributed by atoms with van der Waals surface area (Å²) in [6, 6.07) is 1.74. The largest absolute Gasteiger partial charge is 0.381 e. The molecule has 1 fully saturated rings. The van der Waals surface area contributed by atoms with Crippen molar-refractivity contribution in [1.82, 2.24) is 10.2 Å². The third-order valence-corrected chi connectivity index (χ3v) is 5.88. The molecule has 94 valence electrons. The predicted octanol–water partition coefficient (Wildman–Crippen LogP) is 1.33. The SMILES string of the molecule is Nc1nnc(CC2CCCCS2(=O)=O)cc1Br. The molecule has 0 amide bonds. The second kappa shape index (κ2) is 4.89. The molecule has 0 radical (unpaired) electrons. The lowest BCUT2D eigenvalue weighted by Crippen LogP contribution is -2.30. The Kier molecular flexibility index (Phi) is 3.67. The van der Waals surface area contributed by atoms with E-state index in [0.29, 0.717) is 34.6 Å². The molecule has 17 heavy (non-hydrogen) atoms. The van der Waals surface area contributed by atoms with E-state index in [4.69, 9.17) is 5.73 Å². The van der Waals surface area contributed by atoms with Crippen LogP contribution in [0.3, 0.4) is 0 Å². The molecule has 2 N–H and O–H groups in total. The molecule has 7 heteroatoms. The molecule has 1 atom stereocenters. The lowest BCUT2D eigenvalue weighted by molar-refractivity contribution is 0.535. The molecule has 1 aromatic heterocycles. The van der Waals surface area contributed by atoms with Gasteiger partial charge in [0.1, 0.15) is 0 Å². The van der Waals surface area contributed by atoms with Gasteiger partial charge in [-0.25, -0.2) is 8.42 Å². The second-order valence-corrected chi connectivity index (χ2v) is 7.51. The van der Waals surface area contributed by atoms with E-state index >= 15 is 0 Å². The third-order valence-electron chi connectivity index (χ3n) is 2.97. The highest BCUT2D eigenvalue weighted by Gasteiger charge is 2.29. The molecule has 0 bridgehead atoms. The summed E-state index contributed by atoms with van der Waals surface area (Å²) in [5.41, 5.74) is 6.20. The van der Waals surface area contributed by atoms with Gasteiger partial charge in [-0.05, 0) is 34.8 Å². The average Bonchev–Trinajstić information content (AvgIpc) is 2.26. The van der Waals surface area contributed by atoms with Gasteiger partial charge in [-0.2, -0.15) is 5.10 Å². The Morgan fingerprint density at radius 3 is 2.82 bits per heavy atom. The molecule has 0 aromatic carbocycles. The van der Waals surface area contributed by atoms with Crippen LogP contribution in [0.15, 0.2) is 10.5 Å². The maximum Gasteiger partial charge on any atom is 0.160 e. The highest BCUT2D eigenvalue weighted by molar-refractivity contribution is 9.10. The summed E-state index contributed by atoms with van der Waals surface area (Å²) < 4.78 is 24.4. The zero-order chi connectivity index (χ0) is 12.5. The Morgan fingerprint density at radius 2 is 2.18 bits per heavy atom. The smallest absolute Gasteiger partial charge is 0.160 e. The minimum Gasteiger partial charge on any atom is -0.381 e. The van der Waals surface area contributed by atoms with Gasteiger partial charge in [-0.15, -0.1) is 5.10 Å². The zero-order valence-electron chi connectivity index (χ0n) is 9.26. The standard InChI is InChI=1S/C10H14BrN3O2S/c11-9-6-7(13-14-10(9)12)5-8-3-1-2-4-17(8,15)16/h6,8H,1-5H2,(H2,12,14). The number of nitrogens with two attached hydrogens (primary N) is 1. The molecule has 2 heterocycles. The number of nitrogens with zero attached hydrogens (tertiary/aromatic N) is 2. The van der Waals surface area contributed by atoms with Crippen LogP contribution in [0, 0.1) is 0 Å². The normalized spacial score (nSPS) is 23.5. The number of aromatic nitrogens is 2. The first kappa shape index (κ1) is 12.8. The van der Waals surface area contributed by atoms with Crippen LogP contribution in [0.25, 0.3) is 0 Å². The van der Waals surface area contributed by atoms with Crippen LogP contribution in [-0.4, -0.2) is 29.6 Å². The van der Waals surface area contributed by atoms with E-state index in [1.54, 1.807) is 6.07 Å². The first-order valence-electron chi connectivity index (χ1n) is 5.48. The number of rotatable bonds is 2. The van der Waals surface area contributed by atoms with Crippen LogP contribution in [0.1, 0.15) is 25.0 Å². The molecule has 2 rings (SSSR count). The van der Waals surface area contributed by atoms with Gasteiger partial charge in [-0.3, -0.25) is 0 Å². The minimum absolute atomic E-state index is 0.293. The van der Waals surface area contributed by atoms with Crippen molar-refractivity contribution in [2.45, 2.75) is 30.9 Å². The van der Waals surface area contributed by atoms with Crippen molar-refractivity contribution in [2.24, 2.45) is 0 Å². The number of hydrogen-bond acceptors (Lipinski definition) is 5. The summed E-state index contributed by atoms with van der Waals surface area (Å²) in [4.78, 5) is 0. The topological polar surface area (TPSA) is 85.9 Å². The van der Waals surface area contributed by atoms with Gasteiger partial charge in [0.15, 0.2) is 15.7 Å². The average molecular weight is 320 g/mol. The van der Waals surface area contributed by atoms with Crippen LogP contribution in [0.5, 0.6) is 0 Å². The summed E-state index contributed by atoms with van der Waals surface area (Å²) in [5.74, 6) is 0.613. The monoisotopic (exact) mass is 319 g/mol. The molecular formula is C10H14BrN3O2S. The van der Waals surface area contributed by atoms with Crippen molar-refractivity contribution >= 4 is 31.6 Å². The van der Waals surface area contributed by atoms with Gasteiger partial charge >= 0.3 is 0 Å². The molecule has 1 saturated heterocycles. The fraction of sp³-hybridized carbons (Fsp3) is 0.600. The first-order valence-corrected chi connectivity index (χ1v) is 7.99. The summed E-state index contributed by atoms with van der Waals surface area (Å²) in [7, 11) is -2.96. The Balaban J connectivity index is 2.17. The van der Waals surface area contributed by atoms with Crippen molar-refractivity contribution in [3.05, 3.63) is 16.2 Å². The minimum atomic E-state index is -2.96. The van der Waals surface area contributed by atoms with Crippen LogP contribution < -0.4 is 5.73 Å². The molecular weight excluding hydrogens is 306 g/mol. The number of halogens is 1. The summed E-state index contributed by atoms with van der Waals surface area (Å²) >= 11 is 3.26. The van der Waals surface area contributed by atoms with Crippen LogP contribution in [0.2, 0.25) is 0 Å². The van der Waals surface area contributed by atoms with E-state index in [0.717, 1.165) is 12.8 Å². The molecule has 0 saturated carbocycles. The van der Waals surface area contributed by atoms with Gasteiger partial charge in [0.2, 0.25) is 0 Å². The van der Waals surface area contributed by atoms with Gasteiger partial charge < -0.3 is 5.73 Å². The van der Waals surface area contributed by atoms with Crippen molar-refractivity contribution in [2.75, 3.05) is 11.5 Å². The fourth-order valence-electron chi connectivity index (χ4n) is 2.00. The van der Waals surface area contributed by atoms with Gasteiger partial charge in [0, 0.05) is 6.42 Å². The highest BCUT2D eigenvalue weighted by atomic mass is 79.9. The molecule has 1 unspecified atom stereocenters. The zero-order valence-corrected chi connectivity index (χ0v) is 11.7. The molecule has 1 aliphatic heterocycles. The van der Waals surface area contributed by atoms with Crippen LogP contribution in [0.4, 0.5) is 5.82 Å². The van der Waals surface area contributed by atoms with E-state index in [1.165, 1.54) is 0 Å². The van der Waals surface area contributed by atoms with Crippen molar-refractivity contribution < 1.29 is 8.42 Å². The van der Waals surface area contributed by atoms with Crippen LogP contribution >= 0.6 is 15.9 Å². The molecule has 5 nitrogen and oxygen atoms in total. The summed E-state index contributed by atoms with van der Waals surface area (Å²) in [5, 5.41) is 7.39. The maximum absolute atomic E-state index is 11.9. The Labute approximate surface area is 109 Å². The number of anilines is 1. The van der Waals surface area contributed by atoms with Gasteiger partial charge in [0.05, 0.1) is 21.2 Å². The molecule has 0 aliphatic carbocycles. The van der Waals surface area contributed by atoms with Crippen molar-refractivity contribution in [1.29, 1.82) is 0 Å². The van der Waals surface area contributed by atoms with Gasteiger partial charge in [0.25, 0.3) is 0 Å². The highest BCUT2D eigenvalue weighted by Crippen LogP contribution is 2.24. The number of hydrogen-bond donors (Lipinski definition) is 1. The summed E-state index contributed by atoms with van der Waals surface area (Å²) in [6.45, 7) is 0. The lowest BCUT2D eigenvalue weighted by atomic mass is 10.1. The Morgan fingerprint density at radius 1 is 1.41 bits per heavy atom. The number of nitrogen functional groups attached to an aromatic ring is 1. The van der Waals surface area contributed by atoms with Crippen molar-refractivity contribution in [3.8, 4) is 0 Å². The molecule has 1 aromatic rings. The van der Waals surface area contributed by atoms with Crippen molar-refractivity contribution in [3.63, 3.8) is 0 Å². The Hall–Kier alpha value is -0.690. The predicted molar refractivity (Wildman–Crippen MR) is 69.3 cm³/mol. The Bertz CT molecular complexity index is 518. The van der Waals surface area contributed by atoms with Gasteiger partial charge in [-0.1, -0.05) is 6.42 Å². The maximum atomic E-state index is 11.9. The third kappa shape index (κ3) is 2.95. The van der Waals surface area contributed by atoms with E-state index in [2.05, 4.69) is 26.1 Å². The van der Waals surface area contributed by atoms with Crippen LogP contribution in [-0.2, 0) is 16.3 Å². The van der Waals surface area contributed by atoms with E-state index in [-0.39, 0.29) is 5.25 Å². The van der Waals surface area contributed by atoms with E-state index in [9.17, 15) is 8.42 Å². The lowest BCUT2D eigenvalue weighted by Gasteiger charge is -2.21. The first-order chi connectivity index (χ1) is 7.99. The second-order valence-electron chi connectivity index (χ2n) is 4.26. The molecule has 0 spiro atoms. The summed E-state index contributed by atoms with van der Waals surface area (Å²) in [6.07, 6.45) is 2.88. The number of sulfone groups is 1. The molecule has 1 aliphatic rings.